The van der Waals surface area contributed by atoms with E-state index in [-0.39, 0.29) is 0 Å². The molecule has 2 nitrogen and oxygen atoms in total. The molecule has 1 aromatic carbocycles. The number of fused-ring (bicyclic) bond motifs is 5. The van der Waals surface area contributed by atoms with Gasteiger partial charge in [0.2, 0.25) is 0 Å². The Labute approximate surface area is 260 Å². The quantitative estimate of drug-likeness (QED) is 0.181. The molecule has 0 N–H and O–H groups in total. The molecule has 4 fully saturated rings. The molecular weight excluding hydrogens is 510 g/mol. The molecule has 2 heteroatoms. The van der Waals surface area contributed by atoms with Gasteiger partial charge in [0.25, 0.3) is 0 Å². The summed E-state index contributed by atoms with van der Waals surface area (Å²) in [5.74, 6) is 7.04. The number of carbonyl (C=O) groups is 1. The van der Waals surface area contributed by atoms with Crippen LogP contribution < -0.4 is 0 Å². The van der Waals surface area contributed by atoms with Crippen molar-refractivity contribution < 1.29 is 4.79 Å². The van der Waals surface area contributed by atoms with Crippen LogP contribution >= 0.6 is 0 Å². The van der Waals surface area contributed by atoms with Crippen molar-refractivity contribution in [2.24, 2.45) is 68.6 Å². The molecule has 0 saturated heterocycles. The standard InChI is InChI=1S/C30H53N.C8H8O.C2H4/c1-20(2)10-9-11-22(4)23-12-13-24-27-25(15-16-28(23,24)5)29(6)17-14-21(3)18-30(29,7)26(27)19-31-8;1-7-2-4-8(6-9)5-3-7;1-2/h19-27H,9-18H2,1-8H3;2-6H,1H3;1-2H2. The zero-order valence-corrected chi connectivity index (χ0v) is 28.9. The van der Waals surface area contributed by atoms with Crippen LogP contribution in [0.2, 0.25) is 0 Å². The lowest BCUT2D eigenvalue weighted by Gasteiger charge is -2.53. The SMILES string of the molecule is C=C.CN=CC1C2C3CCC(C(C)CCCC(C)C)C3(C)CCC2C2(C)CCC(C)CC12C.Cc1ccc(C=O)cc1. The topological polar surface area (TPSA) is 29.4 Å². The summed E-state index contributed by atoms with van der Waals surface area (Å²) in [4.78, 5) is 14.8. The number of rotatable bonds is 7. The fraction of sp³-hybridized carbons (Fsp3) is 0.750. The Morgan fingerprint density at radius 3 is 2.19 bits per heavy atom. The van der Waals surface area contributed by atoms with Gasteiger partial charge in [0.1, 0.15) is 6.29 Å². The van der Waals surface area contributed by atoms with Gasteiger partial charge in [-0.3, -0.25) is 4.79 Å². The van der Waals surface area contributed by atoms with E-state index < -0.39 is 0 Å². The average Bonchev–Trinajstić information content (AvgIpc) is 3.40. The third-order valence-corrected chi connectivity index (χ3v) is 13.3. The number of benzene rings is 1. The van der Waals surface area contributed by atoms with Gasteiger partial charge in [-0.25, -0.2) is 0 Å². The number of carbonyl (C=O) groups excluding carboxylic acids is 1. The van der Waals surface area contributed by atoms with E-state index in [4.69, 9.17) is 4.99 Å². The van der Waals surface area contributed by atoms with E-state index in [1.807, 2.05) is 38.2 Å². The molecule has 0 radical (unpaired) electrons. The van der Waals surface area contributed by atoms with Gasteiger partial charge in [0.15, 0.2) is 0 Å². The number of aryl methyl sites for hydroxylation is 1. The number of hydrogen-bond acceptors (Lipinski definition) is 2. The summed E-state index contributed by atoms with van der Waals surface area (Å²) in [7, 11) is 2.04. The van der Waals surface area contributed by atoms with E-state index in [2.05, 4.69) is 67.8 Å². The minimum Gasteiger partial charge on any atom is -0.301 e. The highest BCUT2D eigenvalue weighted by molar-refractivity contribution is 5.74. The molecule has 10 atom stereocenters. The van der Waals surface area contributed by atoms with E-state index in [0.29, 0.717) is 22.2 Å². The van der Waals surface area contributed by atoms with Gasteiger partial charge in [-0.1, -0.05) is 104 Å². The first kappa shape index (κ1) is 34.8. The van der Waals surface area contributed by atoms with Crippen molar-refractivity contribution in [3.63, 3.8) is 0 Å². The van der Waals surface area contributed by atoms with Crippen molar-refractivity contribution in [2.75, 3.05) is 7.05 Å². The van der Waals surface area contributed by atoms with Gasteiger partial charge in [0.05, 0.1) is 0 Å². The highest BCUT2D eigenvalue weighted by Crippen LogP contribution is 2.76. The molecule has 4 aliphatic rings. The van der Waals surface area contributed by atoms with E-state index >= 15 is 0 Å². The third-order valence-electron chi connectivity index (χ3n) is 13.3. The van der Waals surface area contributed by atoms with Crippen molar-refractivity contribution in [3.8, 4) is 0 Å². The zero-order chi connectivity index (χ0) is 31.3. The van der Waals surface area contributed by atoms with Crippen LogP contribution in [0, 0.1) is 70.5 Å². The van der Waals surface area contributed by atoms with E-state index in [1.165, 1.54) is 69.8 Å². The third kappa shape index (κ3) is 6.53. The minimum absolute atomic E-state index is 0.450. The van der Waals surface area contributed by atoms with Crippen LogP contribution in [0.5, 0.6) is 0 Å². The molecular formula is C40H65NO. The Balaban J connectivity index is 0.000000373. The summed E-state index contributed by atoms with van der Waals surface area (Å²) >= 11 is 0. The molecule has 0 amide bonds. The van der Waals surface area contributed by atoms with Crippen LogP contribution in [0.1, 0.15) is 129 Å². The normalized spacial score (nSPS) is 39.3. The van der Waals surface area contributed by atoms with E-state index in [0.717, 1.165) is 53.3 Å². The van der Waals surface area contributed by atoms with Crippen molar-refractivity contribution in [3.05, 3.63) is 48.6 Å². The van der Waals surface area contributed by atoms with Gasteiger partial charge >= 0.3 is 0 Å². The molecule has 42 heavy (non-hydrogen) atoms. The summed E-state index contributed by atoms with van der Waals surface area (Å²) in [6, 6.07) is 7.46. The highest BCUT2D eigenvalue weighted by Gasteiger charge is 2.70. The van der Waals surface area contributed by atoms with Gasteiger partial charge in [-0.15, -0.1) is 13.2 Å². The first-order valence-electron chi connectivity index (χ1n) is 17.4. The van der Waals surface area contributed by atoms with Crippen LogP contribution in [0.3, 0.4) is 0 Å². The molecule has 0 aromatic heterocycles. The molecule has 4 saturated carbocycles. The molecule has 0 aliphatic heterocycles. The van der Waals surface area contributed by atoms with Crippen LogP contribution in [0.4, 0.5) is 0 Å². The van der Waals surface area contributed by atoms with E-state index in [9.17, 15) is 4.79 Å². The summed E-state index contributed by atoms with van der Waals surface area (Å²) in [6.07, 6.45) is 17.9. The number of nitrogens with zero attached hydrogens (tertiary/aromatic N) is 1. The summed E-state index contributed by atoms with van der Waals surface area (Å²) in [5, 5.41) is 0. The second kappa shape index (κ2) is 14.4. The lowest BCUT2D eigenvalue weighted by molar-refractivity contribution is -0.0454. The Morgan fingerprint density at radius 1 is 0.929 bits per heavy atom. The molecule has 0 bridgehead atoms. The molecule has 1 aromatic rings. The first-order chi connectivity index (χ1) is 19.9. The Hall–Kier alpha value is -1.70. The van der Waals surface area contributed by atoms with Crippen LogP contribution in [-0.2, 0) is 0 Å². The fourth-order valence-electron chi connectivity index (χ4n) is 11.0. The maximum atomic E-state index is 10.1. The highest BCUT2D eigenvalue weighted by atomic mass is 16.1. The molecule has 4 aliphatic carbocycles. The average molecular weight is 576 g/mol. The zero-order valence-electron chi connectivity index (χ0n) is 28.9. The lowest BCUT2D eigenvalue weighted by atomic mass is 9.51. The predicted octanol–water partition coefficient (Wildman–Crippen LogP) is 11.3. The maximum Gasteiger partial charge on any atom is 0.150 e. The van der Waals surface area contributed by atoms with Gasteiger partial charge in [0, 0.05) is 24.7 Å². The van der Waals surface area contributed by atoms with Crippen LogP contribution in [-0.4, -0.2) is 19.5 Å². The van der Waals surface area contributed by atoms with Crippen molar-refractivity contribution in [2.45, 2.75) is 120 Å². The summed E-state index contributed by atoms with van der Waals surface area (Å²) in [6.45, 7) is 26.0. The lowest BCUT2D eigenvalue weighted by Crippen LogP contribution is -2.46. The van der Waals surface area contributed by atoms with Crippen molar-refractivity contribution in [1.82, 2.24) is 0 Å². The molecule has 5 rings (SSSR count). The van der Waals surface area contributed by atoms with Crippen LogP contribution in [0.15, 0.2) is 42.4 Å². The number of hydrogen-bond donors (Lipinski definition) is 0. The maximum absolute atomic E-state index is 10.1. The Morgan fingerprint density at radius 2 is 1.60 bits per heavy atom. The second-order valence-electron chi connectivity index (χ2n) is 16.0. The minimum atomic E-state index is 0.450. The predicted molar refractivity (Wildman–Crippen MR) is 183 cm³/mol. The van der Waals surface area contributed by atoms with Crippen molar-refractivity contribution in [1.29, 1.82) is 0 Å². The van der Waals surface area contributed by atoms with Crippen LogP contribution in [0.25, 0.3) is 0 Å². The van der Waals surface area contributed by atoms with Crippen molar-refractivity contribution >= 4 is 12.5 Å². The van der Waals surface area contributed by atoms with Gasteiger partial charge in [-0.05, 0) is 103 Å². The molecule has 0 heterocycles. The van der Waals surface area contributed by atoms with Gasteiger partial charge < -0.3 is 4.99 Å². The smallest absolute Gasteiger partial charge is 0.150 e. The number of aldehydes is 1. The first-order valence-corrected chi connectivity index (χ1v) is 17.4. The van der Waals surface area contributed by atoms with E-state index in [1.54, 1.807) is 0 Å². The molecule has 236 valence electrons. The fourth-order valence-corrected chi connectivity index (χ4v) is 11.0. The second-order valence-corrected chi connectivity index (χ2v) is 16.0. The van der Waals surface area contributed by atoms with Gasteiger partial charge in [-0.2, -0.15) is 0 Å². The number of aliphatic imine (C=N–C) groups is 1. The summed E-state index contributed by atoms with van der Waals surface area (Å²) < 4.78 is 0. The molecule has 0 spiro atoms. The monoisotopic (exact) mass is 576 g/mol. The summed E-state index contributed by atoms with van der Waals surface area (Å²) in [5.41, 5.74) is 3.47. The Kier molecular flexibility index (Phi) is 11.9. The Bertz CT molecular complexity index is 1030. The molecule has 10 unspecified atom stereocenters. The largest absolute Gasteiger partial charge is 0.301 e.